The number of carbonyl (C=O) groups is 2. The molecular formula is C20H23NO4. The van der Waals surface area contributed by atoms with Crippen LogP contribution in [0.15, 0.2) is 48.5 Å². The molecular weight excluding hydrogens is 318 g/mol. The van der Waals surface area contributed by atoms with Crippen molar-refractivity contribution in [3.8, 4) is 5.75 Å². The average molecular weight is 341 g/mol. The summed E-state index contributed by atoms with van der Waals surface area (Å²) in [4.78, 5) is 26.0. The van der Waals surface area contributed by atoms with Gasteiger partial charge in [-0.05, 0) is 31.0 Å². The van der Waals surface area contributed by atoms with E-state index in [2.05, 4.69) is 0 Å². The van der Waals surface area contributed by atoms with Crippen molar-refractivity contribution in [3.05, 3.63) is 65.2 Å². The molecule has 0 aliphatic carbocycles. The van der Waals surface area contributed by atoms with E-state index in [1.54, 1.807) is 44.4 Å². The molecule has 0 unspecified atom stereocenters. The van der Waals surface area contributed by atoms with Gasteiger partial charge in [-0.2, -0.15) is 0 Å². The number of rotatable bonds is 6. The highest BCUT2D eigenvalue weighted by Crippen LogP contribution is 2.22. The number of hydrogen-bond donors (Lipinski definition) is 0. The second-order valence-corrected chi connectivity index (χ2v) is 6.00. The number of aryl methyl sites for hydroxylation is 1. The van der Waals surface area contributed by atoms with E-state index >= 15 is 0 Å². The molecule has 0 spiro atoms. The molecule has 1 amide bonds. The summed E-state index contributed by atoms with van der Waals surface area (Å²) in [6, 6.07) is 14.6. The molecule has 132 valence electrons. The third-order valence-corrected chi connectivity index (χ3v) is 3.92. The highest BCUT2D eigenvalue weighted by molar-refractivity contribution is 5.85. The zero-order valence-corrected chi connectivity index (χ0v) is 15.0. The Bertz CT molecular complexity index is 741. The molecule has 25 heavy (non-hydrogen) atoms. The largest absolute Gasteiger partial charge is 0.482 e. The molecule has 0 saturated carbocycles. The number of esters is 1. The molecule has 5 nitrogen and oxygen atoms in total. The molecule has 5 heteroatoms. The first-order valence-corrected chi connectivity index (χ1v) is 8.04. The van der Waals surface area contributed by atoms with Crippen molar-refractivity contribution in [2.45, 2.75) is 20.0 Å². The van der Waals surface area contributed by atoms with E-state index in [-0.39, 0.29) is 12.5 Å². The highest BCUT2D eigenvalue weighted by Gasteiger charge is 2.26. The first kappa shape index (κ1) is 18.5. The SMILES string of the molecule is Cc1cccc(OCC(=O)O[C@@H](C(=O)N(C)C)c2ccccc2)c1C. The summed E-state index contributed by atoms with van der Waals surface area (Å²) >= 11 is 0. The Kier molecular flexibility index (Phi) is 6.17. The van der Waals surface area contributed by atoms with E-state index in [1.165, 1.54) is 4.90 Å². The maximum Gasteiger partial charge on any atom is 0.345 e. The van der Waals surface area contributed by atoms with Crippen molar-refractivity contribution in [1.29, 1.82) is 0 Å². The van der Waals surface area contributed by atoms with Gasteiger partial charge in [0.05, 0.1) is 0 Å². The second kappa shape index (κ2) is 8.33. The smallest absolute Gasteiger partial charge is 0.345 e. The lowest BCUT2D eigenvalue weighted by molar-refractivity contribution is -0.161. The van der Waals surface area contributed by atoms with Crippen molar-refractivity contribution in [1.82, 2.24) is 4.90 Å². The van der Waals surface area contributed by atoms with Crippen LogP contribution in [0.2, 0.25) is 0 Å². The number of carbonyl (C=O) groups excluding carboxylic acids is 2. The monoisotopic (exact) mass is 341 g/mol. The number of ether oxygens (including phenoxy) is 2. The molecule has 0 saturated heterocycles. The summed E-state index contributed by atoms with van der Waals surface area (Å²) in [5, 5.41) is 0. The topological polar surface area (TPSA) is 55.8 Å². The molecule has 0 aliphatic heterocycles. The third kappa shape index (κ3) is 4.83. The normalized spacial score (nSPS) is 11.5. The van der Waals surface area contributed by atoms with Crippen LogP contribution in [0.25, 0.3) is 0 Å². The molecule has 0 N–H and O–H groups in total. The van der Waals surface area contributed by atoms with Gasteiger partial charge in [0.1, 0.15) is 5.75 Å². The Morgan fingerprint density at radius 2 is 1.68 bits per heavy atom. The van der Waals surface area contributed by atoms with Crippen LogP contribution >= 0.6 is 0 Å². The Morgan fingerprint density at radius 1 is 1.00 bits per heavy atom. The van der Waals surface area contributed by atoms with Gasteiger partial charge < -0.3 is 14.4 Å². The van der Waals surface area contributed by atoms with Gasteiger partial charge in [0.15, 0.2) is 6.61 Å². The fourth-order valence-corrected chi connectivity index (χ4v) is 2.31. The highest BCUT2D eigenvalue weighted by atomic mass is 16.6. The zero-order chi connectivity index (χ0) is 18.4. The van der Waals surface area contributed by atoms with Crippen molar-refractivity contribution in [2.24, 2.45) is 0 Å². The Morgan fingerprint density at radius 3 is 2.32 bits per heavy atom. The second-order valence-electron chi connectivity index (χ2n) is 6.00. The van der Waals surface area contributed by atoms with Crippen molar-refractivity contribution in [3.63, 3.8) is 0 Å². The van der Waals surface area contributed by atoms with Gasteiger partial charge in [0.2, 0.25) is 6.10 Å². The molecule has 0 aromatic heterocycles. The number of likely N-dealkylation sites (N-methyl/N-ethyl adjacent to an activating group) is 1. The molecule has 0 radical (unpaired) electrons. The van der Waals surface area contributed by atoms with Crippen LogP contribution in [0, 0.1) is 13.8 Å². The van der Waals surface area contributed by atoms with E-state index < -0.39 is 12.1 Å². The summed E-state index contributed by atoms with van der Waals surface area (Å²) in [6.07, 6.45) is -0.981. The van der Waals surface area contributed by atoms with E-state index in [0.717, 1.165) is 11.1 Å². The van der Waals surface area contributed by atoms with Crippen LogP contribution in [0.4, 0.5) is 0 Å². The van der Waals surface area contributed by atoms with Gasteiger partial charge in [-0.3, -0.25) is 4.79 Å². The van der Waals surface area contributed by atoms with Gasteiger partial charge in [-0.1, -0.05) is 42.5 Å². The van der Waals surface area contributed by atoms with Crippen molar-refractivity contribution >= 4 is 11.9 Å². The molecule has 0 heterocycles. The summed E-state index contributed by atoms with van der Waals surface area (Å²) in [6.45, 7) is 3.65. The third-order valence-electron chi connectivity index (χ3n) is 3.92. The van der Waals surface area contributed by atoms with Gasteiger partial charge in [0.25, 0.3) is 5.91 Å². The summed E-state index contributed by atoms with van der Waals surface area (Å²) in [7, 11) is 3.25. The van der Waals surface area contributed by atoms with Gasteiger partial charge in [0, 0.05) is 19.7 Å². The van der Waals surface area contributed by atoms with Crippen molar-refractivity contribution < 1.29 is 19.1 Å². The predicted molar refractivity (Wildman–Crippen MR) is 95.4 cm³/mol. The minimum absolute atomic E-state index is 0.256. The fraction of sp³-hybridized carbons (Fsp3) is 0.300. The minimum Gasteiger partial charge on any atom is -0.482 e. The minimum atomic E-state index is -0.981. The lowest BCUT2D eigenvalue weighted by atomic mass is 10.1. The number of hydrogen-bond acceptors (Lipinski definition) is 4. The molecule has 0 aliphatic rings. The van der Waals surface area contributed by atoms with Crippen LogP contribution in [0.1, 0.15) is 22.8 Å². The van der Waals surface area contributed by atoms with Gasteiger partial charge in [-0.15, -0.1) is 0 Å². The van der Waals surface area contributed by atoms with E-state index in [1.807, 2.05) is 32.0 Å². The molecule has 1 atom stereocenters. The van der Waals surface area contributed by atoms with Gasteiger partial charge >= 0.3 is 5.97 Å². The zero-order valence-electron chi connectivity index (χ0n) is 15.0. The number of nitrogens with zero attached hydrogens (tertiary/aromatic N) is 1. The number of benzene rings is 2. The van der Waals surface area contributed by atoms with Gasteiger partial charge in [-0.25, -0.2) is 4.79 Å². The number of amides is 1. The first-order valence-electron chi connectivity index (χ1n) is 8.04. The Hall–Kier alpha value is -2.82. The molecule has 2 aromatic rings. The van der Waals surface area contributed by atoms with E-state index in [4.69, 9.17) is 9.47 Å². The quantitative estimate of drug-likeness (QED) is 0.758. The maximum absolute atomic E-state index is 12.4. The summed E-state index contributed by atoms with van der Waals surface area (Å²) in [5.74, 6) is -0.261. The van der Waals surface area contributed by atoms with Crippen LogP contribution in [0.5, 0.6) is 5.75 Å². The van der Waals surface area contributed by atoms with Crippen LogP contribution in [0.3, 0.4) is 0 Å². The first-order chi connectivity index (χ1) is 11.9. The maximum atomic E-state index is 12.4. The average Bonchev–Trinajstić information content (AvgIpc) is 2.61. The van der Waals surface area contributed by atoms with Crippen molar-refractivity contribution in [2.75, 3.05) is 20.7 Å². The lowest BCUT2D eigenvalue weighted by Crippen LogP contribution is -2.32. The summed E-state index contributed by atoms with van der Waals surface area (Å²) in [5.41, 5.74) is 2.68. The van der Waals surface area contributed by atoms with E-state index in [9.17, 15) is 9.59 Å². The molecule has 0 bridgehead atoms. The molecule has 2 aromatic carbocycles. The predicted octanol–water partition coefficient (Wildman–Crippen LogP) is 3.05. The fourth-order valence-electron chi connectivity index (χ4n) is 2.31. The van der Waals surface area contributed by atoms with E-state index in [0.29, 0.717) is 11.3 Å². The Balaban J connectivity index is 2.07. The Labute approximate surface area is 148 Å². The van der Waals surface area contributed by atoms with Crippen LogP contribution in [-0.4, -0.2) is 37.5 Å². The summed E-state index contributed by atoms with van der Waals surface area (Å²) < 4.78 is 11.0. The molecule has 0 fully saturated rings. The van der Waals surface area contributed by atoms with Crippen LogP contribution < -0.4 is 4.74 Å². The standard InChI is InChI=1S/C20H23NO4/c1-14-9-8-12-17(15(14)2)24-13-18(22)25-19(20(23)21(3)4)16-10-6-5-7-11-16/h5-12,19H,13H2,1-4H3/t19-/m1/s1. The lowest BCUT2D eigenvalue weighted by Gasteiger charge is -2.21. The van der Waals surface area contributed by atoms with Crippen LogP contribution in [-0.2, 0) is 14.3 Å². The molecule has 2 rings (SSSR count).